The summed E-state index contributed by atoms with van der Waals surface area (Å²) in [5.74, 6) is -0.331. The van der Waals surface area contributed by atoms with E-state index in [-0.39, 0.29) is 23.2 Å². The quantitative estimate of drug-likeness (QED) is 0.353. The number of benzene rings is 2. The van der Waals surface area contributed by atoms with E-state index >= 15 is 0 Å². The third kappa shape index (κ3) is 4.84. The fraction of sp³-hybridized carbons (Fsp3) is 0.143. The molecular weight excluding hydrogens is 377 g/mol. The summed E-state index contributed by atoms with van der Waals surface area (Å²) in [5.41, 5.74) is 0.990. The molecule has 1 aromatic heterocycles. The van der Waals surface area contributed by atoms with Crippen molar-refractivity contribution in [3.05, 3.63) is 71.4 Å². The van der Waals surface area contributed by atoms with Crippen molar-refractivity contribution in [2.24, 2.45) is 0 Å². The third-order valence-corrected chi connectivity index (χ3v) is 3.93. The highest BCUT2D eigenvalue weighted by Crippen LogP contribution is 2.23. The molecule has 0 aliphatic rings. The fourth-order valence-corrected chi connectivity index (χ4v) is 2.39. The van der Waals surface area contributed by atoms with Gasteiger partial charge in [0.05, 0.1) is 7.11 Å². The van der Waals surface area contributed by atoms with Crippen molar-refractivity contribution in [3.8, 4) is 23.3 Å². The predicted octanol–water partition coefficient (Wildman–Crippen LogP) is 4.10. The molecule has 0 spiro atoms. The topological polar surface area (TPSA) is 98.2 Å². The van der Waals surface area contributed by atoms with Crippen LogP contribution < -0.4 is 4.74 Å². The molecule has 0 saturated heterocycles. The number of carbonyl (C=O) groups is 1. The Morgan fingerprint density at radius 2 is 1.86 bits per heavy atom. The van der Waals surface area contributed by atoms with Crippen LogP contribution in [0.4, 0.5) is 4.39 Å². The predicted molar refractivity (Wildman–Crippen MR) is 101 cm³/mol. The van der Waals surface area contributed by atoms with Gasteiger partial charge in [0.2, 0.25) is 5.89 Å². The van der Waals surface area contributed by atoms with E-state index in [2.05, 4.69) is 10.2 Å². The van der Waals surface area contributed by atoms with Crippen LogP contribution in [-0.4, -0.2) is 23.3 Å². The molecule has 1 atom stereocenters. The van der Waals surface area contributed by atoms with Gasteiger partial charge in [-0.1, -0.05) is 12.1 Å². The van der Waals surface area contributed by atoms with Crippen molar-refractivity contribution in [2.45, 2.75) is 13.0 Å². The van der Waals surface area contributed by atoms with Crippen LogP contribution in [-0.2, 0) is 9.53 Å². The minimum Gasteiger partial charge on any atom is -0.497 e. The molecule has 2 aromatic carbocycles. The van der Waals surface area contributed by atoms with E-state index in [1.165, 1.54) is 30.3 Å². The molecule has 146 valence electrons. The van der Waals surface area contributed by atoms with Gasteiger partial charge in [-0.15, -0.1) is 10.2 Å². The minimum atomic E-state index is -0.878. The van der Waals surface area contributed by atoms with Gasteiger partial charge in [-0.05, 0) is 55.0 Å². The molecule has 7 nitrogen and oxygen atoms in total. The number of hydrogen-bond donors (Lipinski definition) is 0. The number of methoxy groups -OCH3 is 1. The minimum absolute atomic E-state index is 0.0550. The van der Waals surface area contributed by atoms with E-state index < -0.39 is 12.1 Å². The first-order valence-corrected chi connectivity index (χ1v) is 8.56. The number of esters is 1. The molecule has 0 amide bonds. The number of halogens is 1. The van der Waals surface area contributed by atoms with Gasteiger partial charge in [0.1, 0.15) is 23.2 Å². The molecule has 29 heavy (non-hydrogen) atoms. The number of nitriles is 1. The lowest BCUT2D eigenvalue weighted by Crippen LogP contribution is -2.11. The largest absolute Gasteiger partial charge is 0.497 e. The average Bonchev–Trinajstić information content (AvgIpc) is 3.23. The molecule has 0 aliphatic heterocycles. The maximum absolute atomic E-state index is 13.0. The van der Waals surface area contributed by atoms with Gasteiger partial charge in [0, 0.05) is 5.56 Å². The second-order valence-electron chi connectivity index (χ2n) is 5.94. The SMILES string of the molecule is COc1ccc(/C=C(\C#N)C(=O)O[C@H](C)c2nnc(-c3ccc(F)cc3)o2)cc1. The Bertz CT molecular complexity index is 1070. The van der Waals surface area contributed by atoms with Crippen LogP contribution in [0.2, 0.25) is 0 Å². The lowest BCUT2D eigenvalue weighted by Gasteiger charge is -2.08. The molecule has 0 saturated carbocycles. The summed E-state index contributed by atoms with van der Waals surface area (Å²) in [6.45, 7) is 1.54. The number of hydrogen-bond acceptors (Lipinski definition) is 7. The van der Waals surface area contributed by atoms with Gasteiger partial charge >= 0.3 is 5.97 Å². The van der Waals surface area contributed by atoms with Crippen molar-refractivity contribution < 1.29 is 23.1 Å². The smallest absolute Gasteiger partial charge is 0.349 e. The third-order valence-electron chi connectivity index (χ3n) is 3.93. The highest BCUT2D eigenvalue weighted by Gasteiger charge is 2.21. The molecule has 0 unspecified atom stereocenters. The lowest BCUT2D eigenvalue weighted by molar-refractivity contribution is -0.144. The van der Waals surface area contributed by atoms with Crippen molar-refractivity contribution in [1.29, 1.82) is 5.26 Å². The van der Waals surface area contributed by atoms with Crippen molar-refractivity contribution in [2.75, 3.05) is 7.11 Å². The summed E-state index contributed by atoms with van der Waals surface area (Å²) in [6.07, 6.45) is 0.531. The van der Waals surface area contributed by atoms with Gasteiger partial charge < -0.3 is 13.9 Å². The van der Waals surface area contributed by atoms with E-state index in [1.807, 2.05) is 6.07 Å². The maximum atomic E-state index is 13.0. The lowest BCUT2D eigenvalue weighted by atomic mass is 10.1. The summed E-state index contributed by atoms with van der Waals surface area (Å²) >= 11 is 0. The second kappa shape index (κ2) is 8.80. The van der Waals surface area contributed by atoms with Gasteiger partial charge in [0.15, 0.2) is 6.10 Å². The van der Waals surface area contributed by atoms with E-state index in [4.69, 9.17) is 13.9 Å². The molecule has 0 bridgehead atoms. The van der Waals surface area contributed by atoms with Crippen LogP contribution in [0.3, 0.4) is 0 Å². The Morgan fingerprint density at radius 3 is 2.48 bits per heavy atom. The zero-order valence-corrected chi connectivity index (χ0v) is 15.6. The highest BCUT2D eigenvalue weighted by molar-refractivity contribution is 5.98. The number of nitrogens with zero attached hydrogens (tertiary/aromatic N) is 3. The number of carbonyl (C=O) groups excluding carboxylic acids is 1. The van der Waals surface area contributed by atoms with E-state index in [0.717, 1.165) is 0 Å². The molecule has 1 heterocycles. The zero-order chi connectivity index (χ0) is 20.8. The molecule has 3 aromatic rings. The van der Waals surface area contributed by atoms with Crippen LogP contribution in [0.5, 0.6) is 5.75 Å². The Balaban J connectivity index is 1.71. The van der Waals surface area contributed by atoms with E-state index in [0.29, 0.717) is 16.9 Å². The van der Waals surface area contributed by atoms with Crippen LogP contribution in [0.15, 0.2) is 58.5 Å². The number of rotatable bonds is 6. The molecule has 8 heteroatoms. The normalized spacial score (nSPS) is 12.1. The van der Waals surface area contributed by atoms with Gasteiger partial charge in [-0.25, -0.2) is 9.18 Å². The number of ether oxygens (including phenoxy) is 2. The Kier molecular flexibility index (Phi) is 6.00. The molecule has 0 aliphatic carbocycles. The van der Waals surface area contributed by atoms with Crippen molar-refractivity contribution >= 4 is 12.0 Å². The molecule has 0 fully saturated rings. The maximum Gasteiger partial charge on any atom is 0.349 e. The van der Waals surface area contributed by atoms with Gasteiger partial charge in [-0.3, -0.25) is 0 Å². The van der Waals surface area contributed by atoms with Crippen LogP contribution in [0, 0.1) is 17.1 Å². The summed E-state index contributed by atoms with van der Waals surface area (Å²) in [4.78, 5) is 12.3. The summed E-state index contributed by atoms with van der Waals surface area (Å²) in [7, 11) is 1.54. The zero-order valence-electron chi connectivity index (χ0n) is 15.6. The van der Waals surface area contributed by atoms with E-state index in [9.17, 15) is 14.4 Å². The number of aromatic nitrogens is 2. The Hall–Kier alpha value is -3.99. The molecule has 0 radical (unpaired) electrons. The van der Waals surface area contributed by atoms with Gasteiger partial charge in [-0.2, -0.15) is 5.26 Å². The monoisotopic (exact) mass is 393 g/mol. The first-order valence-electron chi connectivity index (χ1n) is 8.56. The van der Waals surface area contributed by atoms with Crippen LogP contribution in [0.1, 0.15) is 24.5 Å². The fourth-order valence-electron chi connectivity index (χ4n) is 2.39. The highest BCUT2D eigenvalue weighted by atomic mass is 19.1. The Labute approximate surface area is 166 Å². The average molecular weight is 393 g/mol. The standard InChI is InChI=1S/C21H16FN3O4/c1-13(19-24-25-20(29-19)15-5-7-17(22)8-6-15)28-21(26)16(12-23)11-14-3-9-18(27-2)10-4-14/h3-11,13H,1-2H3/b16-11+/t13-/m1/s1. The summed E-state index contributed by atoms with van der Waals surface area (Å²) in [5, 5.41) is 17.0. The summed E-state index contributed by atoms with van der Waals surface area (Å²) in [6, 6.07) is 14.2. The molecular formula is C21H16FN3O4. The first kappa shape index (κ1) is 19.8. The summed E-state index contributed by atoms with van der Waals surface area (Å²) < 4.78 is 28.8. The van der Waals surface area contributed by atoms with Crippen LogP contribution in [0.25, 0.3) is 17.5 Å². The molecule has 3 rings (SSSR count). The van der Waals surface area contributed by atoms with E-state index in [1.54, 1.807) is 38.3 Å². The van der Waals surface area contributed by atoms with Gasteiger partial charge in [0.25, 0.3) is 5.89 Å². The first-order chi connectivity index (χ1) is 14.0. The molecule has 0 N–H and O–H groups in total. The van der Waals surface area contributed by atoms with Crippen LogP contribution >= 0.6 is 0 Å². The van der Waals surface area contributed by atoms with Crippen molar-refractivity contribution in [3.63, 3.8) is 0 Å². The Morgan fingerprint density at radius 1 is 1.17 bits per heavy atom. The second-order valence-corrected chi connectivity index (χ2v) is 5.94. The van der Waals surface area contributed by atoms with Crippen molar-refractivity contribution in [1.82, 2.24) is 10.2 Å².